The van der Waals surface area contributed by atoms with Gasteiger partial charge < -0.3 is 4.74 Å². The molecular weight excluding hydrogens is 212 g/mol. The Morgan fingerprint density at radius 1 is 1.24 bits per heavy atom. The second kappa shape index (κ2) is 4.52. The first-order valence-corrected chi connectivity index (χ1v) is 6.31. The first-order valence-electron chi connectivity index (χ1n) is 6.31. The number of Topliss-reactive ketones (excluding diaryl/α,β-unsaturated/α-hetero) is 1. The summed E-state index contributed by atoms with van der Waals surface area (Å²) in [4.78, 5) is 12.1. The first-order chi connectivity index (χ1) is 7.99. The van der Waals surface area contributed by atoms with E-state index < -0.39 is 0 Å². The third-order valence-electron chi connectivity index (χ3n) is 3.10. The molecule has 2 rings (SSSR count). The summed E-state index contributed by atoms with van der Waals surface area (Å²) >= 11 is 0. The molecule has 0 unspecified atom stereocenters. The molecule has 0 aliphatic heterocycles. The van der Waals surface area contributed by atoms with E-state index in [1.165, 1.54) is 0 Å². The molecule has 0 aromatic heterocycles. The number of carbonyl (C=O) groups excluding carboxylic acids is 1. The number of ketones is 1. The zero-order valence-corrected chi connectivity index (χ0v) is 11.0. The Hall–Kier alpha value is -1.31. The molecule has 1 aromatic rings. The fourth-order valence-electron chi connectivity index (χ4n) is 2.00. The van der Waals surface area contributed by atoms with Gasteiger partial charge in [-0.3, -0.25) is 4.79 Å². The summed E-state index contributed by atoms with van der Waals surface area (Å²) in [6, 6.07) is 3.97. The van der Waals surface area contributed by atoms with Gasteiger partial charge in [-0.25, -0.2) is 0 Å². The molecular formula is C15H20O2. The van der Waals surface area contributed by atoms with Crippen LogP contribution < -0.4 is 4.74 Å². The molecule has 0 radical (unpaired) electrons. The molecule has 17 heavy (non-hydrogen) atoms. The van der Waals surface area contributed by atoms with E-state index in [1.807, 2.05) is 39.8 Å². The molecule has 1 aliphatic carbocycles. The monoisotopic (exact) mass is 232 g/mol. The average molecular weight is 232 g/mol. The van der Waals surface area contributed by atoms with Crippen LogP contribution in [0.4, 0.5) is 0 Å². The summed E-state index contributed by atoms with van der Waals surface area (Å²) in [5.74, 6) is 1.48. The fourth-order valence-corrected chi connectivity index (χ4v) is 2.00. The zero-order valence-electron chi connectivity index (χ0n) is 11.0. The van der Waals surface area contributed by atoms with Crippen LogP contribution in [0.5, 0.6) is 5.75 Å². The van der Waals surface area contributed by atoms with Crippen molar-refractivity contribution in [1.82, 2.24) is 0 Å². The highest BCUT2D eigenvalue weighted by Gasteiger charge is 2.31. The molecule has 1 aromatic carbocycles. The maximum Gasteiger partial charge on any atom is 0.166 e. The average Bonchev–Trinajstić information content (AvgIpc) is 3.04. The van der Waals surface area contributed by atoms with Crippen LogP contribution in [0.2, 0.25) is 0 Å². The minimum absolute atomic E-state index is 0.165. The predicted molar refractivity (Wildman–Crippen MR) is 68.7 cm³/mol. The van der Waals surface area contributed by atoms with Gasteiger partial charge in [0.25, 0.3) is 0 Å². The summed E-state index contributed by atoms with van der Waals surface area (Å²) < 4.78 is 5.73. The summed E-state index contributed by atoms with van der Waals surface area (Å²) in [6.45, 7) is 8.01. The third-order valence-corrected chi connectivity index (χ3v) is 3.10. The van der Waals surface area contributed by atoms with Gasteiger partial charge in [-0.2, -0.15) is 0 Å². The van der Waals surface area contributed by atoms with E-state index in [4.69, 9.17) is 4.74 Å². The molecule has 0 spiro atoms. The van der Waals surface area contributed by atoms with Crippen molar-refractivity contribution < 1.29 is 9.53 Å². The van der Waals surface area contributed by atoms with Gasteiger partial charge in [0.15, 0.2) is 5.78 Å². The number of hydrogen-bond acceptors (Lipinski definition) is 2. The van der Waals surface area contributed by atoms with Gasteiger partial charge in [-0.1, -0.05) is 0 Å². The van der Waals surface area contributed by atoms with Gasteiger partial charge in [0, 0.05) is 11.5 Å². The molecule has 2 heteroatoms. The van der Waals surface area contributed by atoms with Crippen molar-refractivity contribution in [3.05, 3.63) is 28.8 Å². The number of carbonyl (C=O) groups is 1. The first kappa shape index (κ1) is 12.2. The normalized spacial score (nSPS) is 15.1. The minimum Gasteiger partial charge on any atom is -0.491 e. The molecule has 1 aliphatic rings. The van der Waals surface area contributed by atoms with Crippen molar-refractivity contribution in [2.24, 2.45) is 5.92 Å². The molecule has 0 atom stereocenters. The second-order valence-electron chi connectivity index (χ2n) is 5.24. The van der Waals surface area contributed by atoms with Crippen LogP contribution in [0, 0.1) is 19.8 Å². The van der Waals surface area contributed by atoms with E-state index in [0.29, 0.717) is 5.78 Å². The zero-order chi connectivity index (χ0) is 12.6. The summed E-state index contributed by atoms with van der Waals surface area (Å²) in [5, 5.41) is 0. The fraction of sp³-hybridized carbons (Fsp3) is 0.533. The van der Waals surface area contributed by atoms with Crippen LogP contribution in [-0.2, 0) is 0 Å². The highest BCUT2D eigenvalue weighted by Crippen LogP contribution is 2.35. The van der Waals surface area contributed by atoms with Crippen LogP contribution >= 0.6 is 0 Å². The van der Waals surface area contributed by atoms with Crippen molar-refractivity contribution in [3.63, 3.8) is 0 Å². The lowest BCUT2D eigenvalue weighted by atomic mass is 9.98. The smallest absolute Gasteiger partial charge is 0.166 e. The van der Waals surface area contributed by atoms with E-state index in [2.05, 4.69) is 0 Å². The van der Waals surface area contributed by atoms with Crippen LogP contribution in [0.3, 0.4) is 0 Å². The Bertz CT molecular complexity index is 442. The van der Waals surface area contributed by atoms with Crippen molar-refractivity contribution in [2.45, 2.75) is 46.6 Å². The highest BCUT2D eigenvalue weighted by molar-refractivity contribution is 6.00. The maximum atomic E-state index is 12.1. The van der Waals surface area contributed by atoms with Crippen LogP contribution in [0.1, 0.15) is 48.2 Å². The van der Waals surface area contributed by atoms with E-state index in [1.54, 1.807) is 0 Å². The molecule has 0 amide bonds. The standard InChI is InChI=1S/C15H20O2/c1-9(2)17-14-8-10(3)13(7-11(14)4)15(16)12-5-6-12/h7-9,12H,5-6H2,1-4H3. The third kappa shape index (κ3) is 2.68. The molecule has 0 saturated heterocycles. The lowest BCUT2D eigenvalue weighted by molar-refractivity contribution is 0.0967. The molecule has 0 heterocycles. The number of hydrogen-bond donors (Lipinski definition) is 0. The van der Waals surface area contributed by atoms with Gasteiger partial charge in [0.1, 0.15) is 5.75 Å². The minimum atomic E-state index is 0.165. The highest BCUT2D eigenvalue weighted by atomic mass is 16.5. The Morgan fingerprint density at radius 3 is 2.41 bits per heavy atom. The van der Waals surface area contributed by atoms with Gasteiger partial charge in [0.2, 0.25) is 0 Å². The Labute approximate surface area is 103 Å². The lowest BCUT2D eigenvalue weighted by Gasteiger charge is -2.15. The predicted octanol–water partition coefficient (Wildman–Crippen LogP) is 3.68. The van der Waals surface area contributed by atoms with Crippen molar-refractivity contribution in [3.8, 4) is 5.75 Å². The summed E-state index contributed by atoms with van der Waals surface area (Å²) in [6.07, 6.45) is 2.28. The second-order valence-corrected chi connectivity index (χ2v) is 5.24. The van der Waals surface area contributed by atoms with Crippen LogP contribution in [0.15, 0.2) is 12.1 Å². The quantitative estimate of drug-likeness (QED) is 0.740. The molecule has 0 bridgehead atoms. The van der Waals surface area contributed by atoms with Crippen LogP contribution in [0.25, 0.3) is 0 Å². The van der Waals surface area contributed by atoms with Crippen LogP contribution in [-0.4, -0.2) is 11.9 Å². The Kier molecular flexibility index (Phi) is 3.23. The number of aryl methyl sites for hydroxylation is 2. The van der Waals surface area contributed by atoms with Crippen molar-refractivity contribution >= 4 is 5.78 Å². The molecule has 1 fully saturated rings. The summed E-state index contributed by atoms with van der Waals surface area (Å²) in [7, 11) is 0. The molecule has 0 N–H and O–H groups in total. The van der Waals surface area contributed by atoms with E-state index >= 15 is 0 Å². The molecule has 92 valence electrons. The van der Waals surface area contributed by atoms with Gasteiger partial charge in [0.05, 0.1) is 6.10 Å². The van der Waals surface area contributed by atoms with Gasteiger partial charge in [-0.05, 0) is 63.8 Å². The number of rotatable bonds is 4. The lowest BCUT2D eigenvalue weighted by Crippen LogP contribution is -2.09. The van der Waals surface area contributed by atoms with E-state index in [-0.39, 0.29) is 12.0 Å². The Morgan fingerprint density at radius 2 is 1.88 bits per heavy atom. The SMILES string of the molecule is Cc1cc(C(=O)C2CC2)c(C)cc1OC(C)C. The van der Waals surface area contributed by atoms with Gasteiger partial charge >= 0.3 is 0 Å². The van der Waals surface area contributed by atoms with Crippen molar-refractivity contribution in [2.75, 3.05) is 0 Å². The Balaban J connectivity index is 2.30. The molecule has 1 saturated carbocycles. The largest absolute Gasteiger partial charge is 0.491 e. The van der Waals surface area contributed by atoms with Crippen molar-refractivity contribution in [1.29, 1.82) is 0 Å². The number of benzene rings is 1. The summed E-state index contributed by atoms with van der Waals surface area (Å²) in [5.41, 5.74) is 2.96. The van der Waals surface area contributed by atoms with Gasteiger partial charge in [-0.15, -0.1) is 0 Å². The maximum absolute atomic E-state index is 12.1. The number of ether oxygens (including phenoxy) is 1. The van der Waals surface area contributed by atoms with E-state index in [9.17, 15) is 4.79 Å². The topological polar surface area (TPSA) is 26.3 Å². The molecule has 2 nitrogen and oxygen atoms in total. The van der Waals surface area contributed by atoms with E-state index in [0.717, 1.165) is 35.3 Å².